The Balaban J connectivity index is 1.42. The first-order valence-corrected chi connectivity index (χ1v) is 8.54. The molecule has 4 rings (SSSR count). The first-order valence-electron chi connectivity index (χ1n) is 8.54. The standard InChI is InChI=1S/C17H22N4O2/c22-16-11-14-3-1-2-4-15(14)19-21(16)12-13-5-8-20(9-6-13)17-18-7-10-23-17/h7,10-11,13H,1-6,8-9,12H2. The van der Waals surface area contributed by atoms with E-state index in [4.69, 9.17) is 4.42 Å². The lowest BCUT2D eigenvalue weighted by atomic mass is 9.96. The highest BCUT2D eigenvalue weighted by atomic mass is 16.4. The molecule has 0 unspecified atom stereocenters. The van der Waals surface area contributed by atoms with Crippen LogP contribution in [0.5, 0.6) is 0 Å². The zero-order valence-electron chi connectivity index (χ0n) is 13.3. The molecule has 3 heterocycles. The third-order valence-corrected chi connectivity index (χ3v) is 5.01. The van der Waals surface area contributed by atoms with Gasteiger partial charge < -0.3 is 9.32 Å². The SMILES string of the molecule is O=c1cc2c(nn1CC1CCN(c3ncco3)CC1)CCCC2. The molecule has 122 valence electrons. The third kappa shape index (κ3) is 3.02. The molecule has 6 nitrogen and oxygen atoms in total. The first-order chi connectivity index (χ1) is 11.3. The second-order valence-electron chi connectivity index (χ2n) is 6.59. The summed E-state index contributed by atoms with van der Waals surface area (Å²) in [7, 11) is 0. The smallest absolute Gasteiger partial charge is 0.297 e. The lowest BCUT2D eigenvalue weighted by molar-refractivity contribution is 0.324. The second-order valence-corrected chi connectivity index (χ2v) is 6.59. The van der Waals surface area contributed by atoms with Gasteiger partial charge in [-0.3, -0.25) is 4.79 Å². The number of anilines is 1. The van der Waals surface area contributed by atoms with Crippen molar-refractivity contribution in [2.24, 2.45) is 5.92 Å². The van der Waals surface area contributed by atoms with E-state index >= 15 is 0 Å². The van der Waals surface area contributed by atoms with Crippen molar-refractivity contribution in [2.75, 3.05) is 18.0 Å². The van der Waals surface area contributed by atoms with Gasteiger partial charge in [-0.05, 0) is 50.0 Å². The molecule has 0 aromatic carbocycles. The maximum absolute atomic E-state index is 12.3. The van der Waals surface area contributed by atoms with Crippen LogP contribution in [0.4, 0.5) is 6.01 Å². The van der Waals surface area contributed by atoms with Crippen molar-refractivity contribution in [3.8, 4) is 0 Å². The van der Waals surface area contributed by atoms with Crippen LogP contribution in [-0.4, -0.2) is 27.9 Å². The Morgan fingerprint density at radius 2 is 2.04 bits per heavy atom. The van der Waals surface area contributed by atoms with Crippen LogP contribution in [0.25, 0.3) is 0 Å². The van der Waals surface area contributed by atoms with E-state index in [-0.39, 0.29) is 5.56 Å². The molecule has 23 heavy (non-hydrogen) atoms. The summed E-state index contributed by atoms with van der Waals surface area (Å²) in [4.78, 5) is 18.7. The molecule has 6 heteroatoms. The van der Waals surface area contributed by atoms with Gasteiger partial charge in [0.1, 0.15) is 6.26 Å². The molecule has 1 aliphatic heterocycles. The molecule has 0 N–H and O–H groups in total. The summed E-state index contributed by atoms with van der Waals surface area (Å²) in [5, 5.41) is 4.64. The zero-order valence-corrected chi connectivity index (χ0v) is 13.3. The summed E-state index contributed by atoms with van der Waals surface area (Å²) in [6, 6.07) is 2.51. The Bertz CT molecular complexity index is 715. The van der Waals surface area contributed by atoms with Crippen LogP contribution in [0.2, 0.25) is 0 Å². The molecule has 1 saturated heterocycles. The van der Waals surface area contributed by atoms with Gasteiger partial charge in [-0.1, -0.05) is 0 Å². The molecule has 0 bridgehead atoms. The van der Waals surface area contributed by atoms with Crippen molar-refractivity contribution < 1.29 is 4.42 Å². The lowest BCUT2D eigenvalue weighted by Gasteiger charge is -2.31. The van der Waals surface area contributed by atoms with E-state index in [1.54, 1.807) is 17.1 Å². The number of oxazole rings is 1. The van der Waals surface area contributed by atoms with E-state index < -0.39 is 0 Å². The number of hydrogen-bond acceptors (Lipinski definition) is 5. The van der Waals surface area contributed by atoms with Gasteiger partial charge >= 0.3 is 0 Å². The molecule has 0 saturated carbocycles. The molecule has 0 atom stereocenters. The Labute approximate surface area is 135 Å². The average Bonchev–Trinajstić information content (AvgIpc) is 3.11. The summed E-state index contributed by atoms with van der Waals surface area (Å²) < 4.78 is 7.05. The predicted molar refractivity (Wildman–Crippen MR) is 86.6 cm³/mol. The molecular weight excluding hydrogens is 292 g/mol. The molecule has 1 fully saturated rings. The molecule has 0 amide bonds. The predicted octanol–water partition coefficient (Wildman–Crippen LogP) is 2.03. The van der Waals surface area contributed by atoms with Crippen LogP contribution >= 0.6 is 0 Å². The van der Waals surface area contributed by atoms with Gasteiger partial charge in [-0.2, -0.15) is 5.10 Å². The Hall–Kier alpha value is -2.11. The van der Waals surface area contributed by atoms with Crippen molar-refractivity contribution in [3.05, 3.63) is 40.1 Å². The number of fused-ring (bicyclic) bond motifs is 1. The Morgan fingerprint density at radius 3 is 2.83 bits per heavy atom. The number of aromatic nitrogens is 3. The van der Waals surface area contributed by atoms with Gasteiger partial charge in [-0.15, -0.1) is 0 Å². The minimum absolute atomic E-state index is 0.0563. The highest BCUT2D eigenvalue weighted by Crippen LogP contribution is 2.23. The van der Waals surface area contributed by atoms with E-state index in [1.165, 1.54) is 12.8 Å². The lowest BCUT2D eigenvalue weighted by Crippen LogP contribution is -2.37. The summed E-state index contributed by atoms with van der Waals surface area (Å²) in [6.45, 7) is 2.57. The van der Waals surface area contributed by atoms with Crippen LogP contribution < -0.4 is 10.5 Å². The topological polar surface area (TPSA) is 64.2 Å². The quantitative estimate of drug-likeness (QED) is 0.867. The normalized spacial score (nSPS) is 18.9. The number of hydrogen-bond donors (Lipinski definition) is 0. The van der Waals surface area contributed by atoms with Crippen molar-refractivity contribution in [3.63, 3.8) is 0 Å². The fourth-order valence-electron chi connectivity index (χ4n) is 3.66. The number of nitrogens with zero attached hydrogens (tertiary/aromatic N) is 4. The first kappa shape index (κ1) is 14.5. The summed E-state index contributed by atoms with van der Waals surface area (Å²) in [5.74, 6) is 0.494. The average molecular weight is 314 g/mol. The molecule has 0 radical (unpaired) electrons. The Kier molecular flexibility index (Phi) is 3.89. The molecular formula is C17H22N4O2. The number of rotatable bonds is 3. The minimum Gasteiger partial charge on any atom is -0.432 e. The zero-order chi connectivity index (χ0) is 15.6. The fourth-order valence-corrected chi connectivity index (χ4v) is 3.66. The summed E-state index contributed by atoms with van der Waals surface area (Å²) in [6.07, 6.45) is 9.74. The molecule has 0 spiro atoms. The maximum atomic E-state index is 12.3. The molecule has 2 aromatic rings. The summed E-state index contributed by atoms with van der Waals surface area (Å²) >= 11 is 0. The van der Waals surface area contributed by atoms with Crippen LogP contribution in [0, 0.1) is 5.92 Å². The van der Waals surface area contributed by atoms with E-state index in [1.807, 2.05) is 6.07 Å². The Morgan fingerprint density at radius 1 is 1.22 bits per heavy atom. The van der Waals surface area contributed by atoms with Gasteiger partial charge in [0.15, 0.2) is 0 Å². The van der Waals surface area contributed by atoms with Crippen molar-refractivity contribution in [1.82, 2.24) is 14.8 Å². The largest absolute Gasteiger partial charge is 0.432 e. The van der Waals surface area contributed by atoms with Gasteiger partial charge in [0, 0.05) is 25.7 Å². The molecule has 2 aliphatic rings. The van der Waals surface area contributed by atoms with Gasteiger partial charge in [-0.25, -0.2) is 9.67 Å². The summed E-state index contributed by atoms with van der Waals surface area (Å²) in [5.41, 5.74) is 2.35. The van der Waals surface area contributed by atoms with E-state index in [0.29, 0.717) is 11.9 Å². The van der Waals surface area contributed by atoms with Crippen molar-refractivity contribution in [2.45, 2.75) is 45.1 Å². The van der Waals surface area contributed by atoms with Crippen molar-refractivity contribution >= 4 is 6.01 Å². The number of aryl methyl sites for hydroxylation is 2. The van der Waals surface area contributed by atoms with Crippen LogP contribution in [-0.2, 0) is 19.4 Å². The highest BCUT2D eigenvalue weighted by Gasteiger charge is 2.23. The van der Waals surface area contributed by atoms with Gasteiger partial charge in [0.05, 0.1) is 11.9 Å². The van der Waals surface area contributed by atoms with Crippen LogP contribution in [0.3, 0.4) is 0 Å². The maximum Gasteiger partial charge on any atom is 0.297 e. The van der Waals surface area contributed by atoms with Crippen molar-refractivity contribution in [1.29, 1.82) is 0 Å². The minimum atomic E-state index is 0.0563. The van der Waals surface area contributed by atoms with E-state index in [0.717, 1.165) is 56.6 Å². The van der Waals surface area contributed by atoms with Crippen LogP contribution in [0.1, 0.15) is 36.9 Å². The van der Waals surface area contributed by atoms with E-state index in [2.05, 4.69) is 15.0 Å². The van der Waals surface area contributed by atoms with Gasteiger partial charge in [0.25, 0.3) is 11.6 Å². The fraction of sp³-hybridized carbons (Fsp3) is 0.588. The third-order valence-electron chi connectivity index (χ3n) is 5.01. The van der Waals surface area contributed by atoms with Crippen LogP contribution in [0.15, 0.2) is 27.7 Å². The van der Waals surface area contributed by atoms with E-state index in [9.17, 15) is 4.79 Å². The monoisotopic (exact) mass is 314 g/mol. The molecule has 1 aliphatic carbocycles. The van der Waals surface area contributed by atoms with Gasteiger partial charge in [0.2, 0.25) is 0 Å². The molecule has 2 aromatic heterocycles. The highest BCUT2D eigenvalue weighted by molar-refractivity contribution is 5.25. The second kappa shape index (κ2) is 6.18. The number of piperidine rings is 1.